The normalized spacial score (nSPS) is 21.9. The number of nitrogens with one attached hydrogen (secondary N) is 1. The molecule has 0 aromatic carbocycles. The minimum absolute atomic E-state index is 0.265. The molecule has 0 heterocycles. The van der Waals surface area contributed by atoms with Crippen molar-refractivity contribution >= 4 is 5.91 Å². The summed E-state index contributed by atoms with van der Waals surface area (Å²) in [4.78, 5) is 14.2. The molecule has 2 saturated carbocycles. The number of rotatable bonds is 6. The van der Waals surface area contributed by atoms with Gasteiger partial charge in [-0.3, -0.25) is 4.79 Å². The van der Waals surface area contributed by atoms with Gasteiger partial charge in [0.1, 0.15) is 0 Å². The van der Waals surface area contributed by atoms with Crippen LogP contribution in [0.3, 0.4) is 0 Å². The monoisotopic (exact) mass is 252 g/mol. The lowest BCUT2D eigenvalue weighted by Gasteiger charge is -2.24. The Morgan fingerprint density at radius 1 is 1.11 bits per heavy atom. The van der Waals surface area contributed by atoms with Crippen LogP contribution in [0.1, 0.15) is 57.8 Å². The van der Waals surface area contributed by atoms with E-state index in [1.54, 1.807) is 0 Å². The van der Waals surface area contributed by atoms with Crippen molar-refractivity contribution < 1.29 is 4.79 Å². The Balaban J connectivity index is 1.55. The van der Waals surface area contributed by atoms with Crippen LogP contribution in [0.5, 0.6) is 0 Å². The van der Waals surface area contributed by atoms with E-state index in [2.05, 4.69) is 17.3 Å². The van der Waals surface area contributed by atoms with Crippen molar-refractivity contribution in [2.45, 2.75) is 63.8 Å². The maximum atomic E-state index is 11.8. The summed E-state index contributed by atoms with van der Waals surface area (Å²) < 4.78 is 0. The van der Waals surface area contributed by atoms with Crippen molar-refractivity contribution in [3.8, 4) is 0 Å². The fourth-order valence-electron chi connectivity index (χ4n) is 3.45. The molecule has 0 radical (unpaired) electrons. The van der Waals surface area contributed by atoms with Crippen molar-refractivity contribution in [1.29, 1.82) is 0 Å². The van der Waals surface area contributed by atoms with Gasteiger partial charge in [0, 0.05) is 25.6 Å². The fraction of sp³-hybridized carbons (Fsp3) is 0.933. The second-order valence-electron chi connectivity index (χ2n) is 6.12. The van der Waals surface area contributed by atoms with Gasteiger partial charge in [0.05, 0.1) is 0 Å². The molecule has 0 bridgehead atoms. The van der Waals surface area contributed by atoms with Crippen molar-refractivity contribution in [2.75, 3.05) is 20.1 Å². The smallest absolute Gasteiger partial charge is 0.220 e. The number of nitrogens with zero attached hydrogens (tertiary/aromatic N) is 1. The maximum Gasteiger partial charge on any atom is 0.220 e. The summed E-state index contributed by atoms with van der Waals surface area (Å²) in [5.74, 6) is 0.930. The summed E-state index contributed by atoms with van der Waals surface area (Å²) in [5.41, 5.74) is 0. The van der Waals surface area contributed by atoms with Gasteiger partial charge in [0.2, 0.25) is 5.91 Å². The van der Waals surface area contributed by atoms with Gasteiger partial charge in [-0.2, -0.15) is 0 Å². The number of hydrogen-bond donors (Lipinski definition) is 1. The van der Waals surface area contributed by atoms with Crippen LogP contribution in [0.15, 0.2) is 0 Å². The molecule has 0 spiro atoms. The summed E-state index contributed by atoms with van der Waals surface area (Å²) in [6, 6.07) is 0.761. The number of amides is 1. The van der Waals surface area contributed by atoms with Gasteiger partial charge >= 0.3 is 0 Å². The molecule has 1 amide bonds. The van der Waals surface area contributed by atoms with Gasteiger partial charge < -0.3 is 10.2 Å². The minimum Gasteiger partial charge on any atom is -0.355 e. The lowest BCUT2D eigenvalue weighted by atomic mass is 10.0. The van der Waals surface area contributed by atoms with Gasteiger partial charge in [-0.15, -0.1) is 0 Å². The Morgan fingerprint density at radius 3 is 2.39 bits per heavy atom. The molecule has 0 aliphatic heterocycles. The molecule has 0 saturated heterocycles. The summed E-state index contributed by atoms with van der Waals surface area (Å²) in [6.45, 7) is 1.82. The highest BCUT2D eigenvalue weighted by Crippen LogP contribution is 2.27. The van der Waals surface area contributed by atoms with Gasteiger partial charge in [-0.25, -0.2) is 0 Å². The Hall–Kier alpha value is -0.570. The molecular weight excluding hydrogens is 224 g/mol. The average molecular weight is 252 g/mol. The van der Waals surface area contributed by atoms with Gasteiger partial charge in [-0.05, 0) is 38.6 Å². The largest absolute Gasteiger partial charge is 0.355 e. The molecule has 0 atom stereocenters. The highest BCUT2D eigenvalue weighted by Gasteiger charge is 2.20. The first-order chi connectivity index (χ1) is 8.75. The van der Waals surface area contributed by atoms with E-state index < -0.39 is 0 Å². The van der Waals surface area contributed by atoms with Crippen LogP contribution in [0.2, 0.25) is 0 Å². The molecule has 1 N–H and O–H groups in total. The quantitative estimate of drug-likeness (QED) is 0.788. The van der Waals surface area contributed by atoms with E-state index in [1.807, 2.05) is 0 Å². The molecular formula is C15H28N2O. The van der Waals surface area contributed by atoms with Crippen molar-refractivity contribution in [2.24, 2.45) is 5.92 Å². The SMILES string of the molecule is CN(CCNC(=O)CC1CCCC1)C1CCCC1. The number of hydrogen-bond acceptors (Lipinski definition) is 2. The molecule has 0 aromatic rings. The first-order valence-corrected chi connectivity index (χ1v) is 7.72. The average Bonchev–Trinajstić information content (AvgIpc) is 3.00. The molecule has 0 unspecified atom stereocenters. The van der Waals surface area contributed by atoms with Crippen LogP contribution >= 0.6 is 0 Å². The predicted octanol–water partition coefficient (Wildman–Crippen LogP) is 2.56. The number of carbonyl (C=O) groups excluding carboxylic acids is 1. The molecule has 104 valence electrons. The molecule has 2 aliphatic rings. The summed E-state index contributed by atoms with van der Waals surface area (Å²) in [5, 5.41) is 3.08. The van der Waals surface area contributed by atoms with E-state index in [1.165, 1.54) is 51.4 Å². The van der Waals surface area contributed by atoms with Crippen LogP contribution in [0.25, 0.3) is 0 Å². The molecule has 3 heteroatoms. The first kappa shape index (κ1) is 13.9. The zero-order valence-electron chi connectivity index (χ0n) is 11.8. The molecule has 2 aliphatic carbocycles. The Kier molecular flexibility index (Phi) is 5.48. The molecule has 0 aromatic heterocycles. The van der Waals surface area contributed by atoms with Crippen LogP contribution < -0.4 is 5.32 Å². The van der Waals surface area contributed by atoms with Crippen molar-refractivity contribution in [1.82, 2.24) is 10.2 Å². The van der Waals surface area contributed by atoms with E-state index in [-0.39, 0.29) is 5.91 Å². The molecule has 3 nitrogen and oxygen atoms in total. The molecule has 2 fully saturated rings. The summed E-state index contributed by atoms with van der Waals surface area (Å²) >= 11 is 0. The van der Waals surface area contributed by atoms with Crippen LogP contribution in [-0.2, 0) is 4.79 Å². The highest BCUT2D eigenvalue weighted by molar-refractivity contribution is 5.76. The van der Waals surface area contributed by atoms with E-state index in [0.29, 0.717) is 5.92 Å². The second-order valence-corrected chi connectivity index (χ2v) is 6.12. The third-order valence-corrected chi connectivity index (χ3v) is 4.68. The summed E-state index contributed by atoms with van der Waals surface area (Å²) in [7, 11) is 2.19. The third-order valence-electron chi connectivity index (χ3n) is 4.68. The first-order valence-electron chi connectivity index (χ1n) is 7.72. The second kappa shape index (κ2) is 7.13. The fourth-order valence-corrected chi connectivity index (χ4v) is 3.45. The third kappa shape index (κ3) is 4.27. The maximum absolute atomic E-state index is 11.8. The lowest BCUT2D eigenvalue weighted by Crippen LogP contribution is -2.37. The van der Waals surface area contributed by atoms with Gasteiger partial charge in [0.15, 0.2) is 0 Å². The standard InChI is InChI=1S/C15H28N2O/c1-17(14-8-4-5-9-14)11-10-16-15(18)12-13-6-2-3-7-13/h13-14H,2-12H2,1H3,(H,16,18). The van der Waals surface area contributed by atoms with E-state index >= 15 is 0 Å². The topological polar surface area (TPSA) is 32.3 Å². The van der Waals surface area contributed by atoms with Crippen LogP contribution in [0, 0.1) is 5.92 Å². The molecule has 2 rings (SSSR count). The van der Waals surface area contributed by atoms with Gasteiger partial charge in [-0.1, -0.05) is 25.7 Å². The number of likely N-dealkylation sites (N-methyl/N-ethyl adjacent to an activating group) is 1. The van der Waals surface area contributed by atoms with Crippen LogP contribution in [-0.4, -0.2) is 37.0 Å². The van der Waals surface area contributed by atoms with Crippen molar-refractivity contribution in [3.63, 3.8) is 0 Å². The predicted molar refractivity (Wildman–Crippen MR) is 74.5 cm³/mol. The zero-order valence-corrected chi connectivity index (χ0v) is 11.8. The van der Waals surface area contributed by atoms with E-state index in [0.717, 1.165) is 25.6 Å². The van der Waals surface area contributed by atoms with Gasteiger partial charge in [0.25, 0.3) is 0 Å². The highest BCUT2D eigenvalue weighted by atomic mass is 16.1. The van der Waals surface area contributed by atoms with E-state index in [4.69, 9.17) is 0 Å². The zero-order chi connectivity index (χ0) is 12.8. The lowest BCUT2D eigenvalue weighted by molar-refractivity contribution is -0.122. The van der Waals surface area contributed by atoms with E-state index in [9.17, 15) is 4.79 Å². The minimum atomic E-state index is 0.265. The Morgan fingerprint density at radius 2 is 1.72 bits per heavy atom. The summed E-state index contributed by atoms with van der Waals surface area (Å²) in [6.07, 6.45) is 11.4. The number of carbonyl (C=O) groups is 1. The molecule has 18 heavy (non-hydrogen) atoms. The van der Waals surface area contributed by atoms with Crippen molar-refractivity contribution in [3.05, 3.63) is 0 Å². The Labute approximate surface area is 111 Å². The Bertz CT molecular complexity index is 255. The van der Waals surface area contributed by atoms with Crippen LogP contribution in [0.4, 0.5) is 0 Å².